The number of nitrogens with two attached hydrogens (primary N) is 2. The molecule has 2 heterocycles. The van der Waals surface area contributed by atoms with Crippen molar-refractivity contribution in [2.24, 2.45) is 11.5 Å². The Bertz CT molecular complexity index is 1620. The van der Waals surface area contributed by atoms with Crippen LogP contribution in [-0.4, -0.2) is 93.9 Å². The maximum absolute atomic E-state index is 13.5. The summed E-state index contributed by atoms with van der Waals surface area (Å²) in [5.41, 5.74) is 18.6. The van der Waals surface area contributed by atoms with Gasteiger partial charge >= 0.3 is 0 Å². The molecule has 9 nitrogen and oxygen atoms in total. The molecule has 0 aromatic heterocycles. The van der Waals surface area contributed by atoms with Gasteiger partial charge in [0, 0.05) is 86.0 Å². The highest BCUT2D eigenvalue weighted by Crippen LogP contribution is 2.32. The minimum atomic E-state index is -0.492. The third-order valence-corrected chi connectivity index (χ3v) is 9.19. The molecule has 2 fully saturated rings. The molecule has 2 aliphatic heterocycles. The van der Waals surface area contributed by atoms with Gasteiger partial charge in [-0.1, -0.05) is 48.5 Å². The molecule has 0 saturated carbocycles. The number of hydrogen-bond acceptors (Lipinski definition) is 7. The van der Waals surface area contributed by atoms with E-state index in [-0.39, 0.29) is 5.78 Å². The fourth-order valence-corrected chi connectivity index (χ4v) is 6.26. The number of hydrogen-bond donors (Lipinski definition) is 2. The van der Waals surface area contributed by atoms with E-state index in [9.17, 15) is 14.4 Å². The van der Waals surface area contributed by atoms with Gasteiger partial charge in [0.05, 0.1) is 0 Å². The molecule has 0 aliphatic carbocycles. The minimum Gasteiger partial charge on any atom is -0.369 e. The second-order valence-electron chi connectivity index (χ2n) is 12.3. The number of likely N-dealkylation sites (N-methyl/N-ethyl adjacent to an activating group) is 2. The molecule has 2 amide bonds. The lowest BCUT2D eigenvalue weighted by atomic mass is 9.94. The molecule has 0 spiro atoms. The Kier molecular flexibility index (Phi) is 8.87. The summed E-state index contributed by atoms with van der Waals surface area (Å²) in [5.74, 6) is -1.11. The SMILES string of the molecule is CN1CCN(c2ccc(C(N)=O)c(-c3ccc(C(=O)c4ccc(-c5cc(N6CCN(C)CC6)ccc5C(N)=O)cc4)cc3)c2)CC1. The van der Waals surface area contributed by atoms with Crippen molar-refractivity contribution in [1.82, 2.24) is 9.80 Å². The molecule has 2 saturated heterocycles. The lowest BCUT2D eigenvalue weighted by molar-refractivity contribution is 0.0992. The number of primary amides is 2. The first-order valence-corrected chi connectivity index (χ1v) is 15.7. The fraction of sp³-hybridized carbons (Fsp3) is 0.270. The van der Waals surface area contributed by atoms with E-state index >= 15 is 0 Å². The maximum atomic E-state index is 13.5. The van der Waals surface area contributed by atoms with Crippen molar-refractivity contribution < 1.29 is 14.4 Å². The monoisotopic (exact) mass is 616 g/mol. The predicted molar refractivity (Wildman–Crippen MR) is 184 cm³/mol. The van der Waals surface area contributed by atoms with Gasteiger partial charge in [0.15, 0.2) is 5.78 Å². The zero-order chi connectivity index (χ0) is 32.4. The third-order valence-electron chi connectivity index (χ3n) is 9.19. The van der Waals surface area contributed by atoms with Gasteiger partial charge in [0.1, 0.15) is 0 Å². The Labute approximate surface area is 270 Å². The van der Waals surface area contributed by atoms with E-state index in [4.69, 9.17) is 11.5 Å². The number of anilines is 2. The molecule has 0 bridgehead atoms. The number of ketones is 1. The van der Waals surface area contributed by atoms with Crippen LogP contribution in [-0.2, 0) is 0 Å². The van der Waals surface area contributed by atoms with Crippen LogP contribution >= 0.6 is 0 Å². The number of carbonyl (C=O) groups excluding carboxylic acids is 3. The van der Waals surface area contributed by atoms with Crippen LogP contribution in [0.1, 0.15) is 36.6 Å². The Morgan fingerprint density at radius 2 is 0.848 bits per heavy atom. The van der Waals surface area contributed by atoms with Crippen LogP contribution in [0, 0.1) is 0 Å². The van der Waals surface area contributed by atoms with Gasteiger partial charge in [-0.15, -0.1) is 0 Å². The minimum absolute atomic E-state index is 0.124. The summed E-state index contributed by atoms with van der Waals surface area (Å²) >= 11 is 0. The lowest BCUT2D eigenvalue weighted by Crippen LogP contribution is -2.44. The summed E-state index contributed by atoms with van der Waals surface area (Å²) in [4.78, 5) is 47.3. The molecule has 4 N–H and O–H groups in total. The standard InChI is InChI=1S/C37H40N6O3/c1-40-15-19-42(20-16-40)29-11-13-31(36(38)45)33(23-29)25-3-7-27(8-4-25)35(44)28-9-5-26(6-10-28)34-24-30(12-14-32(34)37(39)46)43-21-17-41(2)18-22-43/h3-14,23-24H,15-22H2,1-2H3,(H2,38,45)(H2,39,46). The van der Waals surface area contributed by atoms with Crippen molar-refractivity contribution in [3.63, 3.8) is 0 Å². The average molecular weight is 617 g/mol. The molecule has 2 aliphatic rings. The van der Waals surface area contributed by atoms with E-state index in [1.54, 1.807) is 36.4 Å². The van der Waals surface area contributed by atoms with E-state index in [1.807, 2.05) is 48.5 Å². The van der Waals surface area contributed by atoms with Crippen molar-refractivity contribution in [1.29, 1.82) is 0 Å². The van der Waals surface area contributed by atoms with Gasteiger partial charge in [-0.25, -0.2) is 0 Å². The summed E-state index contributed by atoms with van der Waals surface area (Å²) in [5, 5.41) is 0. The van der Waals surface area contributed by atoms with Crippen LogP contribution in [0.25, 0.3) is 22.3 Å². The van der Waals surface area contributed by atoms with Crippen LogP contribution in [0.15, 0.2) is 84.9 Å². The first-order chi connectivity index (χ1) is 22.2. The number of benzene rings is 4. The normalized spacial score (nSPS) is 16.0. The number of nitrogens with zero attached hydrogens (tertiary/aromatic N) is 4. The van der Waals surface area contributed by atoms with Gasteiger partial charge in [-0.05, 0) is 72.7 Å². The molecule has 0 atom stereocenters. The zero-order valence-electron chi connectivity index (χ0n) is 26.4. The van der Waals surface area contributed by atoms with Crippen molar-refractivity contribution in [2.45, 2.75) is 0 Å². The Morgan fingerprint density at radius 1 is 0.500 bits per heavy atom. The lowest BCUT2D eigenvalue weighted by Gasteiger charge is -2.34. The molecule has 6 rings (SSSR count). The second kappa shape index (κ2) is 13.2. The van der Waals surface area contributed by atoms with Crippen LogP contribution in [0.5, 0.6) is 0 Å². The predicted octanol–water partition coefficient (Wildman–Crippen LogP) is 3.95. The fourth-order valence-electron chi connectivity index (χ4n) is 6.26. The van der Waals surface area contributed by atoms with Gasteiger partial charge < -0.3 is 31.1 Å². The van der Waals surface area contributed by atoms with Crippen LogP contribution < -0.4 is 21.3 Å². The summed E-state index contributed by atoms with van der Waals surface area (Å²) in [7, 11) is 4.23. The summed E-state index contributed by atoms with van der Waals surface area (Å²) < 4.78 is 0. The summed E-state index contributed by atoms with van der Waals surface area (Å²) in [6, 6.07) is 26.1. The zero-order valence-corrected chi connectivity index (χ0v) is 26.4. The van der Waals surface area contributed by atoms with Crippen molar-refractivity contribution in [3.8, 4) is 22.3 Å². The third kappa shape index (κ3) is 6.51. The highest BCUT2D eigenvalue weighted by atomic mass is 16.1. The molecule has 46 heavy (non-hydrogen) atoms. The van der Waals surface area contributed by atoms with Gasteiger partial charge in [0.25, 0.3) is 0 Å². The largest absolute Gasteiger partial charge is 0.369 e. The highest BCUT2D eigenvalue weighted by molar-refractivity contribution is 6.10. The van der Waals surface area contributed by atoms with E-state index in [0.717, 1.165) is 86.0 Å². The molecular weight excluding hydrogens is 576 g/mol. The first-order valence-electron chi connectivity index (χ1n) is 15.7. The molecule has 9 heteroatoms. The molecule has 0 unspecified atom stereocenters. The van der Waals surface area contributed by atoms with Gasteiger partial charge in [-0.2, -0.15) is 0 Å². The van der Waals surface area contributed by atoms with E-state index < -0.39 is 11.8 Å². The van der Waals surface area contributed by atoms with Crippen molar-refractivity contribution in [3.05, 3.63) is 107 Å². The second-order valence-corrected chi connectivity index (χ2v) is 12.3. The average Bonchev–Trinajstić information content (AvgIpc) is 3.08. The number of piperazine rings is 2. The van der Waals surface area contributed by atoms with Crippen molar-refractivity contribution in [2.75, 3.05) is 76.3 Å². The molecule has 236 valence electrons. The van der Waals surface area contributed by atoms with Gasteiger partial charge in [-0.3, -0.25) is 14.4 Å². The number of rotatable bonds is 8. The van der Waals surface area contributed by atoms with E-state index in [1.165, 1.54) is 0 Å². The molecule has 0 radical (unpaired) electrons. The highest BCUT2D eigenvalue weighted by Gasteiger charge is 2.20. The van der Waals surface area contributed by atoms with Crippen molar-refractivity contribution >= 4 is 29.0 Å². The van der Waals surface area contributed by atoms with Crippen LogP contribution in [0.3, 0.4) is 0 Å². The smallest absolute Gasteiger partial charge is 0.249 e. The van der Waals surface area contributed by atoms with Crippen LogP contribution in [0.2, 0.25) is 0 Å². The maximum Gasteiger partial charge on any atom is 0.249 e. The Morgan fingerprint density at radius 3 is 1.17 bits per heavy atom. The molecule has 4 aromatic rings. The van der Waals surface area contributed by atoms with Crippen LogP contribution in [0.4, 0.5) is 11.4 Å². The van der Waals surface area contributed by atoms with E-state index in [2.05, 4.69) is 33.7 Å². The number of carbonyl (C=O) groups is 3. The van der Waals surface area contributed by atoms with E-state index in [0.29, 0.717) is 22.3 Å². The quantitative estimate of drug-likeness (QED) is 0.288. The van der Waals surface area contributed by atoms with Gasteiger partial charge in [0.2, 0.25) is 11.8 Å². The summed E-state index contributed by atoms with van der Waals surface area (Å²) in [6.07, 6.45) is 0. The first kappa shape index (κ1) is 31.0. The molecule has 4 aromatic carbocycles. The Balaban J connectivity index is 1.23. The summed E-state index contributed by atoms with van der Waals surface area (Å²) in [6.45, 7) is 7.51. The molecular formula is C37H40N6O3. The Hall–Kier alpha value is -4.99. The number of amides is 2. The topological polar surface area (TPSA) is 116 Å².